The fraction of sp³-hybridized carbons (Fsp3) is 0.441. The van der Waals surface area contributed by atoms with E-state index in [0.29, 0.717) is 12.1 Å². The summed E-state index contributed by atoms with van der Waals surface area (Å²) in [5, 5.41) is 0. The van der Waals surface area contributed by atoms with Gasteiger partial charge in [-0.15, -0.1) is 0 Å². The van der Waals surface area contributed by atoms with Crippen LogP contribution in [0.25, 0.3) is 0 Å². The number of likely N-dealkylation sites (N-methyl/N-ethyl adjacent to an activating group) is 1. The summed E-state index contributed by atoms with van der Waals surface area (Å²) in [7, 11) is 0. The second-order valence-electron chi connectivity index (χ2n) is 10.7. The number of piperidine rings is 1. The zero-order chi connectivity index (χ0) is 25.8. The Morgan fingerprint density at radius 1 is 0.811 bits per heavy atom. The van der Waals surface area contributed by atoms with Gasteiger partial charge in [0.1, 0.15) is 5.84 Å². The Balaban J connectivity index is 1.58. The van der Waals surface area contributed by atoms with Crippen LogP contribution in [0.4, 0.5) is 0 Å². The van der Waals surface area contributed by atoms with Crippen molar-refractivity contribution in [1.29, 1.82) is 0 Å². The molecule has 2 aliphatic heterocycles. The van der Waals surface area contributed by atoms with Crippen LogP contribution in [-0.2, 0) is 12.8 Å². The second-order valence-corrected chi connectivity index (χ2v) is 10.7. The standard InChI is InChI=1S/C34H43N3/c1-5-26-19-15-20-27(6-2)32(26)34-35-33(29-21-12-11-16-25(29)4)31(37(34)7-3)24-36-23-14-13-22-30(36)28-17-9-8-10-18-28/h8-12,15-21,30-31,33H,5-7,13-14,22-24H2,1-4H3. The first-order chi connectivity index (χ1) is 18.2. The van der Waals surface area contributed by atoms with Crippen LogP contribution in [0.1, 0.15) is 85.5 Å². The number of aryl methyl sites for hydroxylation is 3. The molecule has 0 saturated carbocycles. The highest BCUT2D eigenvalue weighted by molar-refractivity contribution is 6.03. The van der Waals surface area contributed by atoms with E-state index in [1.807, 2.05) is 0 Å². The van der Waals surface area contributed by atoms with Crippen LogP contribution in [0.2, 0.25) is 0 Å². The van der Waals surface area contributed by atoms with Crippen molar-refractivity contribution in [2.45, 2.75) is 77.9 Å². The highest BCUT2D eigenvalue weighted by atomic mass is 15.3. The van der Waals surface area contributed by atoms with E-state index in [1.54, 1.807) is 0 Å². The number of nitrogens with zero attached hydrogens (tertiary/aromatic N) is 3. The van der Waals surface area contributed by atoms with Gasteiger partial charge >= 0.3 is 0 Å². The van der Waals surface area contributed by atoms with Gasteiger partial charge in [-0.2, -0.15) is 0 Å². The molecule has 3 heteroatoms. The molecule has 3 atom stereocenters. The smallest absolute Gasteiger partial charge is 0.132 e. The maximum Gasteiger partial charge on any atom is 0.132 e. The Labute approximate surface area is 224 Å². The topological polar surface area (TPSA) is 18.8 Å². The van der Waals surface area contributed by atoms with E-state index in [-0.39, 0.29) is 6.04 Å². The summed E-state index contributed by atoms with van der Waals surface area (Å²) in [4.78, 5) is 11.0. The summed E-state index contributed by atoms with van der Waals surface area (Å²) in [5.74, 6) is 1.21. The van der Waals surface area contributed by atoms with Crippen molar-refractivity contribution in [3.63, 3.8) is 0 Å². The highest BCUT2D eigenvalue weighted by Crippen LogP contribution is 2.39. The van der Waals surface area contributed by atoms with Gasteiger partial charge in [-0.1, -0.05) is 93.1 Å². The molecule has 1 fully saturated rings. The van der Waals surface area contributed by atoms with Gasteiger partial charge < -0.3 is 4.90 Å². The molecule has 194 valence electrons. The molecule has 3 aromatic rings. The van der Waals surface area contributed by atoms with Crippen LogP contribution in [0.5, 0.6) is 0 Å². The minimum absolute atomic E-state index is 0.143. The lowest BCUT2D eigenvalue weighted by Crippen LogP contribution is -2.48. The van der Waals surface area contributed by atoms with E-state index in [0.717, 1.165) is 32.5 Å². The minimum Gasteiger partial charge on any atom is -0.350 e. The summed E-state index contributed by atoms with van der Waals surface area (Å²) in [6.07, 6.45) is 5.89. The molecule has 3 unspecified atom stereocenters. The molecule has 0 spiro atoms. The van der Waals surface area contributed by atoms with Gasteiger partial charge in [0.2, 0.25) is 0 Å². The third-order valence-corrected chi connectivity index (χ3v) is 8.59. The summed E-state index contributed by atoms with van der Waals surface area (Å²) in [5.41, 5.74) is 8.40. The second kappa shape index (κ2) is 11.6. The van der Waals surface area contributed by atoms with Crippen molar-refractivity contribution in [1.82, 2.24) is 9.80 Å². The molecule has 0 aliphatic carbocycles. The van der Waals surface area contributed by atoms with Crippen molar-refractivity contribution in [2.75, 3.05) is 19.6 Å². The third-order valence-electron chi connectivity index (χ3n) is 8.59. The Morgan fingerprint density at radius 3 is 2.19 bits per heavy atom. The minimum atomic E-state index is 0.143. The van der Waals surface area contributed by atoms with Crippen LogP contribution >= 0.6 is 0 Å². The number of amidine groups is 1. The SMILES string of the molecule is CCc1cccc(CC)c1C1=NC(c2ccccc2C)C(CN2CCCCC2c2ccccc2)N1CC. The monoisotopic (exact) mass is 493 g/mol. The molecule has 37 heavy (non-hydrogen) atoms. The van der Waals surface area contributed by atoms with Crippen molar-refractivity contribution in [3.05, 3.63) is 106 Å². The average Bonchev–Trinajstić information content (AvgIpc) is 3.30. The number of rotatable bonds is 8. The van der Waals surface area contributed by atoms with E-state index >= 15 is 0 Å². The van der Waals surface area contributed by atoms with E-state index < -0.39 is 0 Å². The van der Waals surface area contributed by atoms with E-state index in [4.69, 9.17) is 4.99 Å². The number of benzene rings is 3. The molecule has 1 saturated heterocycles. The number of hydrogen-bond donors (Lipinski definition) is 0. The molecular weight excluding hydrogens is 450 g/mol. The molecule has 0 N–H and O–H groups in total. The molecule has 2 heterocycles. The lowest BCUT2D eigenvalue weighted by molar-refractivity contribution is 0.110. The first-order valence-electron chi connectivity index (χ1n) is 14.5. The summed E-state index contributed by atoms with van der Waals surface area (Å²) in [6.45, 7) is 12.3. The molecule has 0 amide bonds. The molecule has 0 aromatic heterocycles. The summed E-state index contributed by atoms with van der Waals surface area (Å²) in [6, 6.07) is 27.9. The van der Waals surface area contributed by atoms with Gasteiger partial charge in [0.05, 0.1) is 12.1 Å². The molecular formula is C34H43N3. The summed E-state index contributed by atoms with van der Waals surface area (Å²) < 4.78 is 0. The number of aliphatic imine (C=N–C) groups is 1. The molecule has 0 radical (unpaired) electrons. The molecule has 3 nitrogen and oxygen atoms in total. The lowest BCUT2D eigenvalue weighted by atomic mass is 9.91. The number of likely N-dealkylation sites (tertiary alicyclic amines) is 1. The van der Waals surface area contributed by atoms with Crippen LogP contribution in [0, 0.1) is 6.92 Å². The highest BCUT2D eigenvalue weighted by Gasteiger charge is 2.40. The predicted molar refractivity (Wildman–Crippen MR) is 156 cm³/mol. The predicted octanol–water partition coefficient (Wildman–Crippen LogP) is 7.54. The first kappa shape index (κ1) is 25.7. The fourth-order valence-electron chi connectivity index (χ4n) is 6.64. The van der Waals surface area contributed by atoms with E-state index in [2.05, 4.69) is 110 Å². The van der Waals surface area contributed by atoms with E-state index in [9.17, 15) is 0 Å². The average molecular weight is 494 g/mol. The molecule has 2 aliphatic rings. The van der Waals surface area contributed by atoms with Crippen molar-refractivity contribution in [2.24, 2.45) is 4.99 Å². The Bertz CT molecular complexity index is 1190. The molecule has 5 rings (SSSR count). The van der Waals surface area contributed by atoms with Gasteiger partial charge in [-0.3, -0.25) is 9.89 Å². The Hall–Kier alpha value is -2.91. The van der Waals surface area contributed by atoms with Crippen LogP contribution in [0.15, 0.2) is 77.8 Å². The molecule has 0 bridgehead atoms. The van der Waals surface area contributed by atoms with Crippen molar-refractivity contribution < 1.29 is 0 Å². The zero-order valence-corrected chi connectivity index (χ0v) is 23.2. The van der Waals surface area contributed by atoms with Gasteiger partial charge in [0.25, 0.3) is 0 Å². The van der Waals surface area contributed by atoms with Gasteiger partial charge in [0.15, 0.2) is 0 Å². The normalized spacial score (nSPS) is 22.3. The Morgan fingerprint density at radius 2 is 1.51 bits per heavy atom. The van der Waals surface area contributed by atoms with Gasteiger partial charge in [0, 0.05) is 24.7 Å². The van der Waals surface area contributed by atoms with Crippen molar-refractivity contribution in [3.8, 4) is 0 Å². The third kappa shape index (κ3) is 5.11. The van der Waals surface area contributed by atoms with Crippen LogP contribution in [0.3, 0.4) is 0 Å². The quantitative estimate of drug-likeness (QED) is 0.323. The lowest BCUT2D eigenvalue weighted by Gasteiger charge is -2.41. The van der Waals surface area contributed by atoms with Crippen LogP contribution < -0.4 is 0 Å². The number of hydrogen-bond acceptors (Lipinski definition) is 3. The maximum absolute atomic E-state index is 5.62. The van der Waals surface area contributed by atoms with Crippen LogP contribution in [-0.4, -0.2) is 41.3 Å². The maximum atomic E-state index is 5.62. The van der Waals surface area contributed by atoms with E-state index in [1.165, 1.54) is 58.5 Å². The largest absolute Gasteiger partial charge is 0.350 e. The first-order valence-corrected chi connectivity index (χ1v) is 14.5. The summed E-state index contributed by atoms with van der Waals surface area (Å²) >= 11 is 0. The Kier molecular flexibility index (Phi) is 8.10. The van der Waals surface area contributed by atoms with Gasteiger partial charge in [-0.05, 0) is 73.9 Å². The fourth-order valence-corrected chi connectivity index (χ4v) is 6.64. The molecule has 3 aromatic carbocycles. The van der Waals surface area contributed by atoms with Crippen molar-refractivity contribution >= 4 is 5.84 Å². The zero-order valence-electron chi connectivity index (χ0n) is 23.2. The van der Waals surface area contributed by atoms with Gasteiger partial charge in [-0.25, -0.2) is 0 Å².